The lowest BCUT2D eigenvalue weighted by molar-refractivity contribution is -0.142. The second-order valence-electron chi connectivity index (χ2n) is 4.48. The zero-order valence-corrected chi connectivity index (χ0v) is 10.4. The van der Waals surface area contributed by atoms with Crippen molar-refractivity contribution in [3.63, 3.8) is 0 Å². The average Bonchev–Trinajstić information content (AvgIpc) is 2.28. The van der Waals surface area contributed by atoms with Gasteiger partial charge in [0.25, 0.3) is 0 Å². The van der Waals surface area contributed by atoms with E-state index in [1.807, 2.05) is 0 Å². The Morgan fingerprint density at radius 1 is 1.47 bits per heavy atom. The minimum absolute atomic E-state index is 0.355. The summed E-state index contributed by atoms with van der Waals surface area (Å²) in [6.07, 6.45) is 3.90. The number of hydrogen-bond acceptors (Lipinski definition) is 3. The van der Waals surface area contributed by atoms with Crippen molar-refractivity contribution >= 4 is 11.8 Å². The van der Waals surface area contributed by atoms with Crippen LogP contribution >= 0.6 is 0 Å². The smallest absolute Gasteiger partial charge is 0.235 e. The van der Waals surface area contributed by atoms with E-state index in [1.165, 1.54) is 0 Å². The summed E-state index contributed by atoms with van der Waals surface area (Å²) in [7, 11) is 0. The maximum Gasteiger partial charge on any atom is 0.235 e. The fraction of sp³-hybridized carbons (Fsp3) is 0.833. The zero-order valence-electron chi connectivity index (χ0n) is 10.4. The van der Waals surface area contributed by atoms with E-state index in [1.54, 1.807) is 0 Å². The lowest BCUT2D eigenvalue weighted by Crippen LogP contribution is -2.52. The van der Waals surface area contributed by atoms with Gasteiger partial charge in [0.2, 0.25) is 11.8 Å². The third-order valence-corrected chi connectivity index (χ3v) is 3.02. The monoisotopic (exact) mass is 242 g/mol. The Kier molecular flexibility index (Phi) is 5.97. The number of carbonyl (C=O) groups is 2. The molecule has 0 radical (unpaired) electrons. The molecule has 5 heteroatoms. The molecule has 2 unspecified atom stereocenters. The molecule has 1 saturated heterocycles. The molecule has 1 fully saturated rings. The Morgan fingerprint density at radius 2 is 2.24 bits per heavy atom. The first-order valence-electron chi connectivity index (χ1n) is 6.40. The molecule has 0 aromatic rings. The van der Waals surface area contributed by atoms with Crippen molar-refractivity contribution in [2.45, 2.75) is 45.1 Å². The van der Waals surface area contributed by atoms with E-state index >= 15 is 0 Å². The molecule has 17 heavy (non-hydrogen) atoms. The van der Waals surface area contributed by atoms with Gasteiger partial charge in [0.15, 0.2) is 0 Å². The number of unbranched alkanes of at least 4 members (excludes halogenated alkanes) is 3. The zero-order chi connectivity index (χ0) is 12.7. The fourth-order valence-corrected chi connectivity index (χ4v) is 1.96. The molecule has 1 aliphatic heterocycles. The predicted molar refractivity (Wildman–Crippen MR) is 64.3 cm³/mol. The highest BCUT2D eigenvalue weighted by Gasteiger charge is 2.36. The van der Waals surface area contributed by atoms with Gasteiger partial charge in [-0.1, -0.05) is 26.2 Å². The minimum atomic E-state index is -0.935. The van der Waals surface area contributed by atoms with Crippen LogP contribution in [-0.4, -0.2) is 36.1 Å². The van der Waals surface area contributed by atoms with E-state index in [2.05, 4.69) is 17.6 Å². The molecule has 0 bridgehead atoms. The summed E-state index contributed by atoms with van der Waals surface area (Å²) in [5.41, 5.74) is 0. The van der Waals surface area contributed by atoms with Gasteiger partial charge in [-0.3, -0.25) is 9.59 Å². The van der Waals surface area contributed by atoms with Gasteiger partial charge in [0.05, 0.1) is 6.10 Å². The quantitative estimate of drug-likeness (QED) is 0.459. The third-order valence-electron chi connectivity index (χ3n) is 3.02. The normalized spacial score (nSPS) is 24.2. The van der Waals surface area contributed by atoms with Gasteiger partial charge in [-0.15, -0.1) is 0 Å². The highest BCUT2D eigenvalue weighted by atomic mass is 16.3. The number of aliphatic hydroxyl groups is 1. The van der Waals surface area contributed by atoms with Crippen molar-refractivity contribution in [2.24, 2.45) is 5.92 Å². The van der Waals surface area contributed by atoms with Gasteiger partial charge in [-0.2, -0.15) is 0 Å². The molecule has 5 nitrogen and oxygen atoms in total. The van der Waals surface area contributed by atoms with Crippen LogP contribution in [0.4, 0.5) is 0 Å². The molecular weight excluding hydrogens is 220 g/mol. The van der Waals surface area contributed by atoms with Crippen LogP contribution in [0.1, 0.15) is 39.0 Å². The Labute approximate surface area is 102 Å². The maximum atomic E-state index is 11.7. The average molecular weight is 242 g/mol. The molecule has 0 spiro atoms. The van der Waals surface area contributed by atoms with Gasteiger partial charge >= 0.3 is 0 Å². The van der Waals surface area contributed by atoms with Gasteiger partial charge in [-0.25, -0.2) is 0 Å². The lowest BCUT2D eigenvalue weighted by Gasteiger charge is -2.26. The molecule has 2 amide bonds. The third kappa shape index (κ3) is 4.34. The van der Waals surface area contributed by atoms with Crippen molar-refractivity contribution in [3.05, 3.63) is 0 Å². The second kappa shape index (κ2) is 7.27. The molecule has 1 heterocycles. The van der Waals surface area contributed by atoms with Crippen LogP contribution in [0.3, 0.4) is 0 Å². The summed E-state index contributed by atoms with van der Waals surface area (Å²) in [6.45, 7) is 3.15. The largest absolute Gasteiger partial charge is 0.392 e. The van der Waals surface area contributed by atoms with Crippen LogP contribution < -0.4 is 10.6 Å². The number of amides is 2. The summed E-state index contributed by atoms with van der Waals surface area (Å²) in [4.78, 5) is 23.2. The second-order valence-corrected chi connectivity index (χ2v) is 4.48. The van der Waals surface area contributed by atoms with Crippen molar-refractivity contribution in [1.29, 1.82) is 0 Å². The van der Waals surface area contributed by atoms with E-state index in [0.29, 0.717) is 19.5 Å². The highest BCUT2D eigenvalue weighted by Crippen LogP contribution is 2.12. The predicted octanol–water partition coefficient (Wildman–Crippen LogP) is 0.180. The number of carbonyl (C=O) groups excluding carboxylic acids is 2. The Balaban J connectivity index is 2.28. The Morgan fingerprint density at radius 3 is 2.88 bits per heavy atom. The number of hydrogen-bond donors (Lipinski definition) is 3. The number of rotatable bonds is 6. The molecule has 0 aromatic heterocycles. The van der Waals surface area contributed by atoms with Crippen molar-refractivity contribution in [3.8, 4) is 0 Å². The van der Waals surface area contributed by atoms with Crippen LogP contribution in [0.15, 0.2) is 0 Å². The molecule has 0 saturated carbocycles. The Hall–Kier alpha value is -1.10. The topological polar surface area (TPSA) is 78.4 Å². The van der Waals surface area contributed by atoms with Crippen molar-refractivity contribution < 1.29 is 14.7 Å². The number of piperidine rings is 1. The molecule has 1 rings (SSSR count). The molecule has 0 aliphatic carbocycles. The van der Waals surface area contributed by atoms with Gasteiger partial charge in [0.1, 0.15) is 5.92 Å². The molecule has 0 aromatic carbocycles. The molecule has 2 atom stereocenters. The molecule has 98 valence electrons. The van der Waals surface area contributed by atoms with Crippen LogP contribution in [-0.2, 0) is 9.59 Å². The molecule has 1 aliphatic rings. The molecule has 3 N–H and O–H groups in total. The minimum Gasteiger partial charge on any atom is -0.392 e. The van der Waals surface area contributed by atoms with Crippen LogP contribution in [0, 0.1) is 5.92 Å². The number of aliphatic hydroxyl groups excluding tert-OH is 1. The van der Waals surface area contributed by atoms with Crippen LogP contribution in [0.25, 0.3) is 0 Å². The fourth-order valence-electron chi connectivity index (χ4n) is 1.96. The highest BCUT2D eigenvalue weighted by molar-refractivity contribution is 6.01. The van der Waals surface area contributed by atoms with E-state index in [0.717, 1.165) is 25.7 Å². The standard InChI is InChI=1S/C12H22N2O3/c1-2-3-4-5-7-13-11(16)10-9(15)6-8-14-12(10)17/h9-10,15H,2-8H2,1H3,(H,13,16)(H,14,17). The van der Waals surface area contributed by atoms with Crippen molar-refractivity contribution in [1.82, 2.24) is 10.6 Å². The summed E-state index contributed by atoms with van der Waals surface area (Å²) >= 11 is 0. The van der Waals surface area contributed by atoms with Crippen LogP contribution in [0.2, 0.25) is 0 Å². The van der Waals surface area contributed by atoms with Gasteiger partial charge in [-0.05, 0) is 12.8 Å². The first-order chi connectivity index (χ1) is 8.16. The van der Waals surface area contributed by atoms with E-state index < -0.39 is 12.0 Å². The lowest BCUT2D eigenvalue weighted by atomic mass is 9.94. The summed E-state index contributed by atoms with van der Waals surface area (Å²) in [5.74, 6) is -1.66. The van der Waals surface area contributed by atoms with Gasteiger partial charge < -0.3 is 15.7 Å². The first-order valence-corrected chi connectivity index (χ1v) is 6.40. The van der Waals surface area contributed by atoms with E-state index in [4.69, 9.17) is 0 Å². The van der Waals surface area contributed by atoms with E-state index in [-0.39, 0.29) is 11.8 Å². The van der Waals surface area contributed by atoms with Crippen LogP contribution in [0.5, 0.6) is 0 Å². The van der Waals surface area contributed by atoms with Crippen molar-refractivity contribution in [2.75, 3.05) is 13.1 Å². The molecular formula is C12H22N2O3. The number of nitrogens with one attached hydrogen (secondary N) is 2. The first kappa shape index (κ1) is 14.0. The summed E-state index contributed by atoms with van der Waals surface area (Å²) in [5, 5.41) is 14.9. The maximum absolute atomic E-state index is 11.7. The summed E-state index contributed by atoms with van der Waals surface area (Å²) in [6, 6.07) is 0. The Bertz CT molecular complexity index is 268. The van der Waals surface area contributed by atoms with Gasteiger partial charge in [0, 0.05) is 13.1 Å². The SMILES string of the molecule is CCCCCCNC(=O)C1C(=O)NCCC1O. The summed E-state index contributed by atoms with van der Waals surface area (Å²) < 4.78 is 0. The van der Waals surface area contributed by atoms with E-state index in [9.17, 15) is 14.7 Å².